The fraction of sp³-hybridized carbons (Fsp3) is 0.600. The third kappa shape index (κ3) is 3.82. The monoisotopic (exact) mass is 352 g/mol. The van der Waals surface area contributed by atoms with Crippen LogP contribution in [0.25, 0.3) is 10.8 Å². The number of fused-ring (bicyclic) bond motifs is 2. The molecule has 0 amide bonds. The minimum atomic E-state index is -0.0418. The average Bonchev–Trinajstić information content (AvgIpc) is 2.68. The van der Waals surface area contributed by atoms with Crippen LogP contribution in [0.15, 0.2) is 36.4 Å². The molecular weight excluding hydrogens is 319 g/mol. The van der Waals surface area contributed by atoms with Gasteiger partial charge in [-0.2, -0.15) is 0 Å². The van der Waals surface area contributed by atoms with Gasteiger partial charge in [-0.25, -0.2) is 4.39 Å². The van der Waals surface area contributed by atoms with E-state index in [-0.39, 0.29) is 5.82 Å². The van der Waals surface area contributed by atoms with Crippen molar-refractivity contribution in [2.24, 2.45) is 17.8 Å². The second-order valence-corrected chi connectivity index (χ2v) is 8.93. The molecule has 0 bridgehead atoms. The summed E-state index contributed by atoms with van der Waals surface area (Å²) in [5.41, 5.74) is 1.24. The lowest BCUT2D eigenvalue weighted by molar-refractivity contribution is 0.113. The maximum Gasteiger partial charge on any atom is 0.131 e. The van der Waals surface area contributed by atoms with Crippen molar-refractivity contribution in [3.63, 3.8) is 0 Å². The molecule has 0 spiro atoms. The highest BCUT2D eigenvalue weighted by molar-refractivity contribution is 5.83. The van der Waals surface area contributed by atoms with E-state index in [0.29, 0.717) is 5.92 Å². The molecule has 2 aromatic rings. The molecule has 0 aliphatic heterocycles. The first-order chi connectivity index (χ1) is 12.7. The number of hydrogen-bond acceptors (Lipinski definition) is 0. The highest BCUT2D eigenvalue weighted by Crippen LogP contribution is 2.48. The zero-order valence-corrected chi connectivity index (χ0v) is 16.2. The zero-order valence-electron chi connectivity index (χ0n) is 16.2. The van der Waals surface area contributed by atoms with E-state index in [1.165, 1.54) is 69.8 Å². The van der Waals surface area contributed by atoms with Crippen molar-refractivity contribution in [3.8, 4) is 0 Å². The summed E-state index contributed by atoms with van der Waals surface area (Å²) >= 11 is 0. The first kappa shape index (κ1) is 18.0. The predicted molar refractivity (Wildman–Crippen MR) is 109 cm³/mol. The van der Waals surface area contributed by atoms with Crippen molar-refractivity contribution in [2.45, 2.75) is 77.0 Å². The van der Waals surface area contributed by atoms with Gasteiger partial charge in [0.2, 0.25) is 0 Å². The van der Waals surface area contributed by atoms with Crippen molar-refractivity contribution in [1.82, 2.24) is 0 Å². The van der Waals surface area contributed by atoms with E-state index in [1.807, 2.05) is 24.3 Å². The molecule has 0 aromatic heterocycles. The van der Waals surface area contributed by atoms with E-state index in [2.05, 4.69) is 19.1 Å². The lowest BCUT2D eigenvalue weighted by Gasteiger charge is -2.42. The fourth-order valence-electron chi connectivity index (χ4n) is 5.76. The molecule has 0 radical (unpaired) electrons. The van der Waals surface area contributed by atoms with E-state index in [1.54, 1.807) is 0 Å². The maximum atomic E-state index is 14.5. The minimum Gasteiger partial charge on any atom is -0.206 e. The van der Waals surface area contributed by atoms with Gasteiger partial charge in [0.05, 0.1) is 0 Å². The number of benzene rings is 2. The van der Waals surface area contributed by atoms with Crippen molar-refractivity contribution < 1.29 is 4.39 Å². The van der Waals surface area contributed by atoms with Gasteiger partial charge in [0, 0.05) is 5.39 Å². The molecule has 0 N–H and O–H groups in total. The van der Waals surface area contributed by atoms with Crippen molar-refractivity contribution in [3.05, 3.63) is 47.8 Å². The molecule has 2 fully saturated rings. The van der Waals surface area contributed by atoms with E-state index >= 15 is 0 Å². The van der Waals surface area contributed by atoms with Crippen LogP contribution >= 0.6 is 0 Å². The second kappa shape index (κ2) is 8.11. The average molecular weight is 353 g/mol. The lowest BCUT2D eigenvalue weighted by atomic mass is 9.63. The van der Waals surface area contributed by atoms with Gasteiger partial charge in [-0.1, -0.05) is 69.4 Å². The van der Waals surface area contributed by atoms with Gasteiger partial charge in [-0.15, -0.1) is 0 Å². The van der Waals surface area contributed by atoms with Gasteiger partial charge in [-0.3, -0.25) is 0 Å². The van der Waals surface area contributed by atoms with E-state index in [9.17, 15) is 4.39 Å². The van der Waals surface area contributed by atoms with Crippen LogP contribution in [0.3, 0.4) is 0 Å². The Morgan fingerprint density at radius 1 is 0.923 bits per heavy atom. The third-order valence-corrected chi connectivity index (χ3v) is 7.24. The van der Waals surface area contributed by atoms with Gasteiger partial charge in [0.25, 0.3) is 0 Å². The largest absolute Gasteiger partial charge is 0.206 e. The summed E-state index contributed by atoms with van der Waals surface area (Å²) in [6.07, 6.45) is 13.8. The Balaban J connectivity index is 1.42. The number of rotatable bonds is 5. The third-order valence-electron chi connectivity index (χ3n) is 7.24. The Bertz CT molecular complexity index is 734. The summed E-state index contributed by atoms with van der Waals surface area (Å²) in [6, 6.07) is 12.0. The molecule has 2 aromatic carbocycles. The summed E-state index contributed by atoms with van der Waals surface area (Å²) in [5.74, 6) is 3.33. The molecule has 2 aliphatic rings. The van der Waals surface area contributed by atoms with Crippen LogP contribution in [-0.4, -0.2) is 0 Å². The first-order valence-corrected chi connectivity index (χ1v) is 10.9. The van der Waals surface area contributed by atoms with Crippen LogP contribution in [0, 0.1) is 23.6 Å². The van der Waals surface area contributed by atoms with E-state index < -0.39 is 0 Å². The fourth-order valence-corrected chi connectivity index (χ4v) is 5.76. The summed E-state index contributed by atoms with van der Waals surface area (Å²) < 4.78 is 14.5. The van der Waals surface area contributed by atoms with Gasteiger partial charge < -0.3 is 0 Å². The number of hydrogen-bond donors (Lipinski definition) is 0. The quantitative estimate of drug-likeness (QED) is 0.480. The van der Waals surface area contributed by atoms with Crippen LogP contribution in [0.5, 0.6) is 0 Å². The topological polar surface area (TPSA) is 0 Å². The van der Waals surface area contributed by atoms with Crippen molar-refractivity contribution in [2.75, 3.05) is 0 Å². The number of halogens is 1. The Morgan fingerprint density at radius 3 is 2.62 bits per heavy atom. The minimum absolute atomic E-state index is 0.0418. The molecule has 4 atom stereocenters. The molecule has 26 heavy (non-hydrogen) atoms. The molecule has 140 valence electrons. The van der Waals surface area contributed by atoms with Crippen LogP contribution in [0.4, 0.5) is 4.39 Å². The predicted octanol–water partition coefficient (Wildman–Crippen LogP) is 7.86. The Morgan fingerprint density at radius 2 is 1.73 bits per heavy atom. The molecule has 4 unspecified atom stereocenters. The Kier molecular flexibility index (Phi) is 5.62. The Labute approximate surface area is 158 Å². The molecular formula is C25H33F. The molecule has 1 heteroatoms. The van der Waals surface area contributed by atoms with Crippen LogP contribution < -0.4 is 0 Å². The lowest BCUT2D eigenvalue weighted by Crippen LogP contribution is -2.30. The summed E-state index contributed by atoms with van der Waals surface area (Å²) in [6.45, 7) is 2.30. The second-order valence-electron chi connectivity index (χ2n) is 8.93. The Hall–Kier alpha value is -1.37. The van der Waals surface area contributed by atoms with Gasteiger partial charge in [0.15, 0.2) is 0 Å². The van der Waals surface area contributed by atoms with E-state index in [0.717, 1.165) is 28.5 Å². The summed E-state index contributed by atoms with van der Waals surface area (Å²) in [7, 11) is 0. The maximum absolute atomic E-state index is 14.5. The standard InChI is InChI=1S/C25H33F/c1-2-3-4-7-18-10-11-20-15-21(13-12-19(20)14-18)23-16-22-8-5-6-9-24(22)25(26)17-23/h5-6,8-9,16-21H,2-4,7,10-15H2,1H3. The number of unbranched alkanes of at least 4 members (excludes halogenated alkanes) is 2. The molecule has 2 aliphatic carbocycles. The zero-order chi connectivity index (χ0) is 17.9. The van der Waals surface area contributed by atoms with Crippen molar-refractivity contribution in [1.29, 1.82) is 0 Å². The van der Waals surface area contributed by atoms with Crippen LogP contribution in [-0.2, 0) is 0 Å². The van der Waals surface area contributed by atoms with Crippen LogP contribution in [0.1, 0.15) is 82.6 Å². The molecule has 4 rings (SSSR count). The summed E-state index contributed by atoms with van der Waals surface area (Å²) in [4.78, 5) is 0. The molecule has 0 nitrogen and oxygen atoms in total. The highest BCUT2D eigenvalue weighted by atomic mass is 19.1. The summed E-state index contributed by atoms with van der Waals surface area (Å²) in [5, 5.41) is 1.82. The molecule has 0 heterocycles. The first-order valence-electron chi connectivity index (χ1n) is 10.9. The SMILES string of the molecule is CCCCCC1CCC2CC(c3cc(F)c4ccccc4c3)CCC2C1. The normalized spacial score (nSPS) is 28.8. The van der Waals surface area contributed by atoms with E-state index in [4.69, 9.17) is 0 Å². The molecule has 2 saturated carbocycles. The van der Waals surface area contributed by atoms with Crippen molar-refractivity contribution >= 4 is 10.8 Å². The highest BCUT2D eigenvalue weighted by Gasteiger charge is 2.35. The smallest absolute Gasteiger partial charge is 0.131 e. The van der Waals surface area contributed by atoms with Crippen LogP contribution in [0.2, 0.25) is 0 Å². The van der Waals surface area contributed by atoms with Gasteiger partial charge in [-0.05, 0) is 72.8 Å². The van der Waals surface area contributed by atoms with Gasteiger partial charge in [0.1, 0.15) is 5.82 Å². The molecule has 0 saturated heterocycles. The van der Waals surface area contributed by atoms with Gasteiger partial charge >= 0.3 is 0 Å².